The average molecular weight is 223 g/mol. The summed E-state index contributed by atoms with van der Waals surface area (Å²) < 4.78 is 1.73. The highest BCUT2D eigenvalue weighted by atomic mass is 15.6. The Hall–Kier alpha value is -1.21. The van der Waals surface area contributed by atoms with Crippen LogP contribution in [0.25, 0.3) is 0 Å². The minimum atomic E-state index is 0.679. The molecule has 0 spiro atoms. The van der Waals surface area contributed by atoms with Gasteiger partial charge in [0.1, 0.15) is 0 Å². The molecule has 3 rings (SSSR count). The van der Waals surface area contributed by atoms with E-state index in [-0.39, 0.29) is 0 Å². The van der Waals surface area contributed by atoms with Gasteiger partial charge in [0.05, 0.1) is 0 Å². The lowest BCUT2D eigenvalue weighted by Crippen LogP contribution is -2.63. The first-order chi connectivity index (χ1) is 7.84. The van der Waals surface area contributed by atoms with E-state index >= 15 is 0 Å². The van der Waals surface area contributed by atoms with Gasteiger partial charge in [0.2, 0.25) is 5.95 Å². The predicted octanol–water partition coefficient (Wildman–Crippen LogP) is -1.70. The van der Waals surface area contributed by atoms with Gasteiger partial charge in [0.25, 0.3) is 0 Å². The van der Waals surface area contributed by atoms with Gasteiger partial charge in [-0.1, -0.05) is 5.10 Å². The van der Waals surface area contributed by atoms with Crippen LogP contribution in [-0.4, -0.2) is 70.4 Å². The van der Waals surface area contributed by atoms with Crippen LogP contribution in [0.4, 0.5) is 5.95 Å². The van der Waals surface area contributed by atoms with E-state index < -0.39 is 0 Å². The second-order valence-electron chi connectivity index (χ2n) is 4.45. The van der Waals surface area contributed by atoms with Crippen molar-refractivity contribution in [1.82, 2.24) is 30.4 Å². The molecule has 2 saturated heterocycles. The highest BCUT2D eigenvalue weighted by molar-refractivity contribution is 5.34. The van der Waals surface area contributed by atoms with Crippen molar-refractivity contribution in [3.63, 3.8) is 0 Å². The molecule has 88 valence electrons. The summed E-state index contributed by atoms with van der Waals surface area (Å²) in [6, 6.07) is 0.679. The number of nitrogens with zero attached hydrogens (tertiary/aromatic N) is 6. The standard InChI is InChI=1S/C9H17N7/c1-14-9(11-12-13-14)16-6-8(7-16)15-4-2-10-3-5-15/h8,10H,2-7H2,1H3. The smallest absolute Gasteiger partial charge is 0.245 e. The van der Waals surface area contributed by atoms with E-state index in [4.69, 9.17) is 0 Å². The largest absolute Gasteiger partial charge is 0.336 e. The van der Waals surface area contributed by atoms with Gasteiger partial charge in [-0.15, -0.1) is 0 Å². The van der Waals surface area contributed by atoms with Crippen molar-refractivity contribution in [2.75, 3.05) is 44.2 Å². The molecule has 1 aromatic rings. The quantitative estimate of drug-likeness (QED) is 0.645. The van der Waals surface area contributed by atoms with Crippen molar-refractivity contribution >= 4 is 5.95 Å². The van der Waals surface area contributed by atoms with Crippen LogP contribution in [0.1, 0.15) is 0 Å². The van der Waals surface area contributed by atoms with Crippen molar-refractivity contribution in [1.29, 1.82) is 0 Å². The molecule has 0 aliphatic carbocycles. The molecule has 2 aliphatic rings. The summed E-state index contributed by atoms with van der Waals surface area (Å²) in [5.74, 6) is 0.881. The first kappa shape index (κ1) is 9.98. The number of aromatic nitrogens is 4. The maximum absolute atomic E-state index is 4.01. The number of tetrazole rings is 1. The van der Waals surface area contributed by atoms with Gasteiger partial charge in [-0.05, 0) is 10.4 Å². The van der Waals surface area contributed by atoms with Crippen LogP contribution < -0.4 is 10.2 Å². The Balaban J connectivity index is 1.56. The molecule has 3 heterocycles. The molecule has 2 fully saturated rings. The Morgan fingerprint density at radius 3 is 2.62 bits per heavy atom. The third kappa shape index (κ3) is 1.65. The first-order valence-electron chi connectivity index (χ1n) is 5.76. The highest BCUT2D eigenvalue weighted by Gasteiger charge is 2.34. The monoisotopic (exact) mass is 223 g/mol. The number of anilines is 1. The molecular formula is C9H17N7. The lowest BCUT2D eigenvalue weighted by Gasteiger charge is -2.46. The molecule has 2 aliphatic heterocycles. The van der Waals surface area contributed by atoms with Crippen molar-refractivity contribution < 1.29 is 0 Å². The highest BCUT2D eigenvalue weighted by Crippen LogP contribution is 2.20. The van der Waals surface area contributed by atoms with Gasteiger partial charge >= 0.3 is 0 Å². The maximum Gasteiger partial charge on any atom is 0.245 e. The number of aryl methyl sites for hydroxylation is 1. The van der Waals surface area contributed by atoms with Crippen molar-refractivity contribution in [3.8, 4) is 0 Å². The van der Waals surface area contributed by atoms with Crippen molar-refractivity contribution in [3.05, 3.63) is 0 Å². The molecule has 0 saturated carbocycles. The summed E-state index contributed by atoms with van der Waals surface area (Å²) in [4.78, 5) is 4.78. The molecular weight excluding hydrogens is 206 g/mol. The topological polar surface area (TPSA) is 62.1 Å². The average Bonchev–Trinajstić information content (AvgIpc) is 2.65. The summed E-state index contributed by atoms with van der Waals surface area (Å²) in [6.45, 7) is 6.65. The zero-order valence-corrected chi connectivity index (χ0v) is 9.50. The minimum absolute atomic E-state index is 0.679. The second-order valence-corrected chi connectivity index (χ2v) is 4.45. The Bertz CT molecular complexity index is 350. The zero-order valence-electron chi connectivity index (χ0n) is 9.50. The normalized spacial score (nSPS) is 23.4. The van der Waals surface area contributed by atoms with E-state index in [9.17, 15) is 0 Å². The van der Waals surface area contributed by atoms with Gasteiger partial charge in [-0.3, -0.25) is 4.90 Å². The zero-order chi connectivity index (χ0) is 11.0. The van der Waals surface area contributed by atoms with Crippen LogP contribution in [0.3, 0.4) is 0 Å². The number of piperazine rings is 1. The van der Waals surface area contributed by atoms with E-state index in [1.54, 1.807) is 4.68 Å². The summed E-state index contributed by atoms with van der Waals surface area (Å²) in [6.07, 6.45) is 0. The molecule has 0 atom stereocenters. The molecule has 16 heavy (non-hydrogen) atoms. The Morgan fingerprint density at radius 1 is 1.25 bits per heavy atom. The van der Waals surface area contributed by atoms with Gasteiger partial charge in [-0.2, -0.15) is 0 Å². The van der Waals surface area contributed by atoms with Gasteiger partial charge < -0.3 is 10.2 Å². The number of hydrogen-bond acceptors (Lipinski definition) is 6. The summed E-state index contributed by atoms with van der Waals surface area (Å²) in [7, 11) is 1.88. The van der Waals surface area contributed by atoms with Crippen LogP contribution in [0.15, 0.2) is 0 Å². The lowest BCUT2D eigenvalue weighted by molar-refractivity contribution is 0.146. The third-order valence-electron chi connectivity index (χ3n) is 3.41. The molecule has 0 radical (unpaired) electrons. The molecule has 7 nitrogen and oxygen atoms in total. The summed E-state index contributed by atoms with van der Waals surface area (Å²) in [5, 5.41) is 14.9. The molecule has 0 unspecified atom stereocenters. The van der Waals surface area contributed by atoms with Crippen LogP contribution in [-0.2, 0) is 7.05 Å². The lowest BCUT2D eigenvalue weighted by atomic mass is 10.1. The van der Waals surface area contributed by atoms with E-state index in [2.05, 4.69) is 30.6 Å². The van der Waals surface area contributed by atoms with Gasteiger partial charge in [0, 0.05) is 52.4 Å². The van der Waals surface area contributed by atoms with Crippen LogP contribution >= 0.6 is 0 Å². The first-order valence-corrected chi connectivity index (χ1v) is 5.76. The molecule has 0 amide bonds. The summed E-state index contributed by atoms with van der Waals surface area (Å²) >= 11 is 0. The Labute approximate surface area is 94.4 Å². The molecule has 0 bridgehead atoms. The van der Waals surface area contributed by atoms with Crippen molar-refractivity contribution in [2.24, 2.45) is 7.05 Å². The minimum Gasteiger partial charge on any atom is -0.336 e. The van der Waals surface area contributed by atoms with Crippen LogP contribution in [0.5, 0.6) is 0 Å². The Morgan fingerprint density at radius 2 is 2.00 bits per heavy atom. The molecule has 1 N–H and O–H groups in total. The summed E-state index contributed by atoms with van der Waals surface area (Å²) in [5.41, 5.74) is 0. The molecule has 1 aromatic heterocycles. The number of hydrogen-bond donors (Lipinski definition) is 1. The van der Waals surface area contributed by atoms with E-state index in [1.807, 2.05) is 7.05 Å². The fraction of sp³-hybridized carbons (Fsp3) is 0.889. The van der Waals surface area contributed by atoms with Gasteiger partial charge in [0.15, 0.2) is 0 Å². The molecule has 7 heteroatoms. The second kappa shape index (κ2) is 3.99. The number of rotatable bonds is 2. The van der Waals surface area contributed by atoms with Crippen LogP contribution in [0.2, 0.25) is 0 Å². The third-order valence-corrected chi connectivity index (χ3v) is 3.41. The van der Waals surface area contributed by atoms with Crippen LogP contribution in [0, 0.1) is 0 Å². The fourth-order valence-electron chi connectivity index (χ4n) is 2.39. The van der Waals surface area contributed by atoms with E-state index in [1.165, 1.54) is 0 Å². The predicted molar refractivity (Wildman–Crippen MR) is 59.2 cm³/mol. The SMILES string of the molecule is Cn1nnnc1N1CC(N2CCNCC2)C1. The van der Waals surface area contributed by atoms with Gasteiger partial charge in [-0.25, -0.2) is 4.68 Å². The fourth-order valence-corrected chi connectivity index (χ4v) is 2.39. The number of nitrogens with one attached hydrogen (secondary N) is 1. The molecule has 0 aromatic carbocycles. The van der Waals surface area contributed by atoms with E-state index in [0.29, 0.717) is 6.04 Å². The van der Waals surface area contributed by atoms with Crippen molar-refractivity contribution in [2.45, 2.75) is 6.04 Å². The van der Waals surface area contributed by atoms with E-state index in [0.717, 1.165) is 45.2 Å². The Kier molecular flexibility index (Phi) is 2.49. The maximum atomic E-state index is 4.01.